The van der Waals surface area contributed by atoms with Crippen LogP contribution in [0.2, 0.25) is 0 Å². The van der Waals surface area contributed by atoms with Crippen molar-refractivity contribution in [1.82, 2.24) is 0 Å². The minimum absolute atomic E-state index is 0.695. The van der Waals surface area contributed by atoms with Crippen LogP contribution in [-0.2, 0) is 4.79 Å². The zero-order chi connectivity index (χ0) is 6.24. The van der Waals surface area contributed by atoms with E-state index in [0.717, 1.165) is 19.1 Å². The minimum Gasteiger partial charge on any atom is -0.303 e. The van der Waals surface area contributed by atoms with E-state index in [1.54, 1.807) is 0 Å². The third-order valence-electron chi connectivity index (χ3n) is 0.782. The summed E-state index contributed by atoms with van der Waals surface area (Å²) in [5.41, 5.74) is 0. The molecule has 0 N–H and O–H groups in total. The van der Waals surface area contributed by atoms with Crippen molar-refractivity contribution in [1.29, 1.82) is 0 Å². The van der Waals surface area contributed by atoms with Gasteiger partial charge in [0.25, 0.3) is 0 Å². The van der Waals surface area contributed by atoms with Crippen LogP contribution in [0.5, 0.6) is 0 Å². The molecular formula is C6H9IO. The minimum atomic E-state index is 0.695. The van der Waals surface area contributed by atoms with Crippen molar-refractivity contribution in [3.8, 4) is 0 Å². The fraction of sp³-hybridized carbons (Fsp3) is 0.500. The van der Waals surface area contributed by atoms with Gasteiger partial charge < -0.3 is 4.79 Å². The summed E-state index contributed by atoms with van der Waals surface area (Å²) in [6.07, 6.45) is 5.73. The summed E-state index contributed by atoms with van der Waals surface area (Å²) in [4.78, 5) is 9.74. The molecule has 8 heavy (non-hydrogen) atoms. The van der Waals surface area contributed by atoms with Gasteiger partial charge in [-0.3, -0.25) is 0 Å². The maximum absolute atomic E-state index is 9.74. The van der Waals surface area contributed by atoms with Crippen molar-refractivity contribution in [3.63, 3.8) is 0 Å². The molecule has 0 bridgehead atoms. The molecule has 0 rings (SSSR count). The molecular weight excluding hydrogens is 215 g/mol. The second-order valence-electron chi connectivity index (χ2n) is 1.46. The van der Waals surface area contributed by atoms with Crippen molar-refractivity contribution in [3.05, 3.63) is 10.2 Å². The Bertz CT molecular complexity index is 78.6. The van der Waals surface area contributed by atoms with E-state index < -0.39 is 0 Å². The van der Waals surface area contributed by atoms with Crippen molar-refractivity contribution in [2.24, 2.45) is 0 Å². The van der Waals surface area contributed by atoms with Crippen LogP contribution in [0, 0.1) is 0 Å². The summed E-state index contributed by atoms with van der Waals surface area (Å²) in [5, 5.41) is 0. The Morgan fingerprint density at radius 2 is 2.12 bits per heavy atom. The van der Waals surface area contributed by atoms with Gasteiger partial charge >= 0.3 is 0 Å². The number of allylic oxidation sites excluding steroid dienone is 1. The van der Waals surface area contributed by atoms with Crippen molar-refractivity contribution < 1.29 is 4.79 Å². The van der Waals surface area contributed by atoms with Crippen LogP contribution in [0.4, 0.5) is 0 Å². The Hall–Kier alpha value is 0.140. The summed E-state index contributed by atoms with van der Waals surface area (Å²) in [7, 11) is 0. The van der Waals surface area contributed by atoms with Gasteiger partial charge in [0.1, 0.15) is 6.29 Å². The smallest absolute Gasteiger partial charge is 0.120 e. The lowest BCUT2D eigenvalue weighted by atomic mass is 10.2. The number of carbonyl (C=O) groups excluding carboxylic acids is 1. The van der Waals surface area contributed by atoms with Gasteiger partial charge in [0.2, 0.25) is 0 Å². The number of unbranched alkanes of at least 4 members (excludes halogenated alkanes) is 2. The molecule has 0 unspecified atom stereocenters. The molecule has 0 aromatic carbocycles. The molecule has 0 heterocycles. The topological polar surface area (TPSA) is 17.1 Å². The van der Waals surface area contributed by atoms with Crippen molar-refractivity contribution in [2.75, 3.05) is 0 Å². The van der Waals surface area contributed by atoms with Gasteiger partial charge in [-0.25, -0.2) is 0 Å². The number of aldehydes is 1. The molecule has 46 valence electrons. The molecule has 0 radical (unpaired) electrons. The van der Waals surface area contributed by atoms with Gasteiger partial charge in [0.15, 0.2) is 0 Å². The molecule has 0 saturated carbocycles. The van der Waals surface area contributed by atoms with Gasteiger partial charge in [-0.15, -0.1) is 0 Å². The van der Waals surface area contributed by atoms with Crippen LogP contribution < -0.4 is 0 Å². The van der Waals surface area contributed by atoms with E-state index in [-0.39, 0.29) is 0 Å². The van der Waals surface area contributed by atoms with Gasteiger partial charge in [-0.2, -0.15) is 0 Å². The number of rotatable bonds is 4. The van der Waals surface area contributed by atoms with Crippen LogP contribution in [0.1, 0.15) is 19.3 Å². The maximum Gasteiger partial charge on any atom is 0.120 e. The lowest BCUT2D eigenvalue weighted by Gasteiger charge is -1.82. The highest BCUT2D eigenvalue weighted by Crippen LogP contribution is 1.95. The van der Waals surface area contributed by atoms with E-state index in [1.165, 1.54) is 0 Å². The lowest BCUT2D eigenvalue weighted by molar-refractivity contribution is -0.107. The highest BCUT2D eigenvalue weighted by molar-refractivity contribution is 14.1. The summed E-state index contributed by atoms with van der Waals surface area (Å²) in [6, 6.07) is 0. The Morgan fingerprint density at radius 3 is 2.62 bits per heavy atom. The molecule has 0 aliphatic carbocycles. The first-order valence-corrected chi connectivity index (χ1v) is 3.85. The van der Waals surface area contributed by atoms with Crippen LogP contribution >= 0.6 is 22.6 Å². The van der Waals surface area contributed by atoms with E-state index in [2.05, 4.69) is 28.7 Å². The predicted molar refractivity (Wildman–Crippen MR) is 43.1 cm³/mol. The Morgan fingerprint density at radius 1 is 1.38 bits per heavy atom. The number of halogens is 1. The van der Waals surface area contributed by atoms with Crippen molar-refractivity contribution >= 4 is 28.9 Å². The molecule has 0 spiro atoms. The Balaban J connectivity index is 2.82. The highest BCUT2D eigenvalue weighted by atomic mass is 127. The third kappa shape index (κ3) is 6.14. The number of hydrogen-bond donors (Lipinski definition) is 0. The zero-order valence-corrected chi connectivity index (χ0v) is 6.80. The second-order valence-corrected chi connectivity index (χ2v) is 2.18. The van der Waals surface area contributed by atoms with Gasteiger partial charge in [-0.05, 0) is 16.9 Å². The Labute approximate surface area is 63.3 Å². The molecule has 0 aliphatic rings. The van der Waals surface area contributed by atoms with Crippen molar-refractivity contribution in [2.45, 2.75) is 19.3 Å². The molecule has 0 aromatic rings. The highest BCUT2D eigenvalue weighted by Gasteiger charge is 1.78. The van der Waals surface area contributed by atoms with Crippen LogP contribution in [0.15, 0.2) is 10.2 Å². The number of carbonyl (C=O) groups is 1. The molecule has 0 aromatic heterocycles. The SMILES string of the molecule is O=CCCC/C=C/I. The molecule has 0 aliphatic heterocycles. The average molecular weight is 224 g/mol. The Kier molecular flexibility index (Phi) is 7.26. The van der Waals surface area contributed by atoms with E-state index in [4.69, 9.17) is 0 Å². The van der Waals surface area contributed by atoms with E-state index >= 15 is 0 Å². The fourth-order valence-corrected chi connectivity index (χ4v) is 0.742. The third-order valence-corrected chi connectivity index (χ3v) is 1.29. The first-order chi connectivity index (χ1) is 3.91. The lowest BCUT2D eigenvalue weighted by Crippen LogP contribution is -1.72. The van der Waals surface area contributed by atoms with E-state index in [0.29, 0.717) is 6.42 Å². The maximum atomic E-state index is 9.74. The zero-order valence-electron chi connectivity index (χ0n) is 4.64. The van der Waals surface area contributed by atoms with E-state index in [9.17, 15) is 4.79 Å². The quantitative estimate of drug-likeness (QED) is 0.406. The molecule has 0 saturated heterocycles. The van der Waals surface area contributed by atoms with Gasteiger partial charge in [0.05, 0.1) is 0 Å². The van der Waals surface area contributed by atoms with Crippen LogP contribution in [0.3, 0.4) is 0 Å². The summed E-state index contributed by atoms with van der Waals surface area (Å²) < 4.78 is 1.97. The molecule has 0 amide bonds. The summed E-state index contributed by atoms with van der Waals surface area (Å²) in [6.45, 7) is 0. The van der Waals surface area contributed by atoms with Gasteiger partial charge in [-0.1, -0.05) is 28.7 Å². The molecule has 1 nitrogen and oxygen atoms in total. The summed E-state index contributed by atoms with van der Waals surface area (Å²) >= 11 is 2.17. The standard InChI is InChI=1S/C6H9IO/c7-5-3-1-2-4-6-8/h3,5-6H,1-2,4H2/b5-3+. The first kappa shape index (κ1) is 8.14. The normalized spacial score (nSPS) is 10.1. The molecule has 2 heteroatoms. The predicted octanol–water partition coefficient (Wildman–Crippen LogP) is 2.30. The fourth-order valence-electron chi connectivity index (χ4n) is 0.382. The van der Waals surface area contributed by atoms with Crippen LogP contribution in [-0.4, -0.2) is 6.29 Å². The number of hydrogen-bond acceptors (Lipinski definition) is 1. The second kappa shape index (κ2) is 7.14. The summed E-state index contributed by atoms with van der Waals surface area (Å²) in [5.74, 6) is 0. The monoisotopic (exact) mass is 224 g/mol. The molecule has 0 atom stereocenters. The average Bonchev–Trinajstić information content (AvgIpc) is 1.81. The van der Waals surface area contributed by atoms with Gasteiger partial charge in [0, 0.05) is 6.42 Å². The van der Waals surface area contributed by atoms with E-state index in [1.807, 2.05) is 4.08 Å². The first-order valence-electron chi connectivity index (χ1n) is 2.60. The molecule has 0 fully saturated rings. The van der Waals surface area contributed by atoms with Crippen LogP contribution in [0.25, 0.3) is 0 Å². The largest absolute Gasteiger partial charge is 0.303 e.